The van der Waals surface area contributed by atoms with Gasteiger partial charge in [-0.25, -0.2) is 4.79 Å². The molecule has 2 aromatic rings. The molecule has 1 unspecified atom stereocenters. The molecular weight excluding hydrogens is 398 g/mol. The Morgan fingerprint density at radius 3 is 2.26 bits per heavy atom. The lowest BCUT2D eigenvalue weighted by atomic mass is 10.0. The van der Waals surface area contributed by atoms with Crippen molar-refractivity contribution in [3.8, 4) is 5.75 Å². The largest absolute Gasteiger partial charge is 0.497 e. The quantitative estimate of drug-likeness (QED) is 0.623. The van der Waals surface area contributed by atoms with Crippen LogP contribution in [0, 0.1) is 0 Å². The standard InChI is InChI=1S/C22H31N5O4/c1-15(19(28)18-20(23)24(2)22(30)25(3)21(18)29)27-13-11-26(12-14-27)10-9-16-5-7-17(31-4)8-6-16/h5-8,15H,9-14,23H2,1-4H3. The molecule has 9 nitrogen and oxygen atoms in total. The van der Waals surface area contributed by atoms with E-state index in [1.807, 2.05) is 12.1 Å². The Morgan fingerprint density at radius 1 is 1.06 bits per heavy atom. The van der Waals surface area contributed by atoms with Gasteiger partial charge in [-0.05, 0) is 31.0 Å². The van der Waals surface area contributed by atoms with Crippen LogP contribution in [0.25, 0.3) is 0 Å². The maximum Gasteiger partial charge on any atom is 0.332 e. The number of anilines is 1. The first-order valence-corrected chi connectivity index (χ1v) is 10.4. The minimum absolute atomic E-state index is 0.0805. The fraction of sp³-hybridized carbons (Fsp3) is 0.500. The summed E-state index contributed by atoms with van der Waals surface area (Å²) < 4.78 is 7.26. The zero-order chi connectivity index (χ0) is 22.7. The number of Topliss-reactive ketones (excluding diaryl/α,β-unsaturated/α-hetero) is 1. The van der Waals surface area contributed by atoms with Crippen LogP contribution in [0.15, 0.2) is 33.9 Å². The summed E-state index contributed by atoms with van der Waals surface area (Å²) in [6, 6.07) is 7.60. The number of piperazine rings is 1. The van der Waals surface area contributed by atoms with Crippen LogP contribution >= 0.6 is 0 Å². The van der Waals surface area contributed by atoms with Crippen molar-refractivity contribution >= 4 is 11.6 Å². The SMILES string of the molecule is COc1ccc(CCN2CCN(C(C)C(=O)c3c(N)n(C)c(=O)n(C)c3=O)CC2)cc1. The van der Waals surface area contributed by atoms with Crippen molar-refractivity contribution < 1.29 is 9.53 Å². The highest BCUT2D eigenvalue weighted by molar-refractivity contribution is 6.03. The highest BCUT2D eigenvalue weighted by atomic mass is 16.5. The lowest BCUT2D eigenvalue weighted by Crippen LogP contribution is -2.53. The normalized spacial score (nSPS) is 16.3. The van der Waals surface area contributed by atoms with E-state index < -0.39 is 17.3 Å². The number of ketones is 1. The average Bonchev–Trinajstić information content (AvgIpc) is 2.80. The molecule has 0 bridgehead atoms. The molecule has 1 aliphatic heterocycles. The summed E-state index contributed by atoms with van der Waals surface area (Å²) >= 11 is 0. The van der Waals surface area contributed by atoms with Crippen LogP contribution in [0.2, 0.25) is 0 Å². The minimum Gasteiger partial charge on any atom is -0.497 e. The summed E-state index contributed by atoms with van der Waals surface area (Å²) in [6.07, 6.45) is 0.948. The first kappa shape index (κ1) is 22.8. The molecule has 1 aromatic heterocycles. The van der Waals surface area contributed by atoms with Crippen LogP contribution in [0.1, 0.15) is 22.8 Å². The Kier molecular flexibility index (Phi) is 6.97. The van der Waals surface area contributed by atoms with Crippen molar-refractivity contribution in [3.63, 3.8) is 0 Å². The number of carbonyl (C=O) groups excluding carboxylic acids is 1. The highest BCUT2D eigenvalue weighted by Gasteiger charge is 2.30. The Bertz CT molecular complexity index is 1050. The molecule has 2 heterocycles. The molecule has 1 saturated heterocycles. The average molecular weight is 430 g/mol. The third-order valence-electron chi connectivity index (χ3n) is 6.17. The third-order valence-corrected chi connectivity index (χ3v) is 6.17. The van der Waals surface area contributed by atoms with Gasteiger partial charge in [0.1, 0.15) is 17.1 Å². The number of ether oxygens (including phenoxy) is 1. The molecule has 3 rings (SSSR count). The maximum atomic E-state index is 13.1. The molecule has 0 saturated carbocycles. The van der Waals surface area contributed by atoms with Gasteiger partial charge in [0.05, 0.1) is 13.2 Å². The second-order valence-electron chi connectivity index (χ2n) is 7.98. The number of benzene rings is 1. The van der Waals surface area contributed by atoms with Crippen molar-refractivity contribution in [1.29, 1.82) is 0 Å². The van der Waals surface area contributed by atoms with E-state index in [9.17, 15) is 14.4 Å². The van der Waals surface area contributed by atoms with Gasteiger partial charge in [0, 0.05) is 46.8 Å². The summed E-state index contributed by atoms with van der Waals surface area (Å²) in [5.74, 6) is 0.424. The van der Waals surface area contributed by atoms with Gasteiger partial charge in [0.2, 0.25) is 0 Å². The lowest BCUT2D eigenvalue weighted by Gasteiger charge is -2.37. The monoisotopic (exact) mass is 429 g/mol. The van der Waals surface area contributed by atoms with Gasteiger partial charge >= 0.3 is 5.69 Å². The van der Waals surface area contributed by atoms with Crippen molar-refractivity contribution in [2.45, 2.75) is 19.4 Å². The van der Waals surface area contributed by atoms with E-state index in [0.717, 1.165) is 54.0 Å². The summed E-state index contributed by atoms with van der Waals surface area (Å²) in [6.45, 7) is 5.86. The molecule has 168 valence electrons. The van der Waals surface area contributed by atoms with E-state index in [1.165, 1.54) is 19.7 Å². The molecule has 1 aliphatic rings. The van der Waals surface area contributed by atoms with Crippen molar-refractivity contribution in [3.05, 3.63) is 56.2 Å². The molecule has 0 radical (unpaired) electrons. The number of aromatic nitrogens is 2. The summed E-state index contributed by atoms with van der Waals surface area (Å²) in [7, 11) is 4.47. The van der Waals surface area contributed by atoms with E-state index in [-0.39, 0.29) is 17.2 Å². The van der Waals surface area contributed by atoms with Crippen molar-refractivity contribution in [1.82, 2.24) is 18.9 Å². The first-order valence-electron chi connectivity index (χ1n) is 10.4. The Labute approximate surface area is 181 Å². The Hall–Kier alpha value is -2.91. The number of nitrogens with zero attached hydrogens (tertiary/aromatic N) is 4. The van der Waals surface area contributed by atoms with Gasteiger partial charge in [-0.2, -0.15) is 0 Å². The second kappa shape index (κ2) is 9.49. The topological polar surface area (TPSA) is 103 Å². The van der Waals surface area contributed by atoms with Gasteiger partial charge < -0.3 is 15.4 Å². The molecule has 1 atom stereocenters. The van der Waals surface area contributed by atoms with Crippen LogP contribution in [0.4, 0.5) is 5.82 Å². The number of rotatable bonds is 7. The molecule has 0 spiro atoms. The number of carbonyl (C=O) groups is 1. The van der Waals surface area contributed by atoms with E-state index in [4.69, 9.17) is 10.5 Å². The van der Waals surface area contributed by atoms with E-state index in [1.54, 1.807) is 14.0 Å². The molecule has 0 aliphatic carbocycles. The first-order chi connectivity index (χ1) is 14.7. The number of hydrogen-bond donors (Lipinski definition) is 1. The Morgan fingerprint density at radius 2 is 1.68 bits per heavy atom. The summed E-state index contributed by atoms with van der Waals surface area (Å²) in [5.41, 5.74) is 5.91. The fourth-order valence-electron chi connectivity index (χ4n) is 3.92. The maximum absolute atomic E-state index is 13.1. The molecule has 0 amide bonds. The number of nitrogen functional groups attached to an aromatic ring is 1. The zero-order valence-electron chi connectivity index (χ0n) is 18.6. The summed E-state index contributed by atoms with van der Waals surface area (Å²) in [5, 5.41) is 0. The fourth-order valence-corrected chi connectivity index (χ4v) is 3.92. The number of hydrogen-bond acceptors (Lipinski definition) is 7. The van der Waals surface area contributed by atoms with Crippen LogP contribution in [0.3, 0.4) is 0 Å². The van der Waals surface area contributed by atoms with Crippen LogP contribution in [0.5, 0.6) is 5.75 Å². The molecule has 2 N–H and O–H groups in total. The van der Waals surface area contributed by atoms with Gasteiger partial charge in [-0.3, -0.25) is 23.6 Å². The van der Waals surface area contributed by atoms with Crippen molar-refractivity contribution in [2.75, 3.05) is 45.6 Å². The predicted molar refractivity (Wildman–Crippen MR) is 120 cm³/mol. The highest BCUT2D eigenvalue weighted by Crippen LogP contribution is 2.15. The number of nitrogens with two attached hydrogens (primary N) is 1. The van der Waals surface area contributed by atoms with Crippen molar-refractivity contribution in [2.24, 2.45) is 14.1 Å². The second-order valence-corrected chi connectivity index (χ2v) is 7.98. The predicted octanol–water partition coefficient (Wildman–Crippen LogP) is 0.106. The minimum atomic E-state index is -0.643. The van der Waals surface area contributed by atoms with Gasteiger partial charge in [-0.1, -0.05) is 12.1 Å². The smallest absolute Gasteiger partial charge is 0.332 e. The van der Waals surface area contributed by atoms with Gasteiger partial charge in [-0.15, -0.1) is 0 Å². The van der Waals surface area contributed by atoms with E-state index in [2.05, 4.69) is 21.9 Å². The van der Waals surface area contributed by atoms with Crippen LogP contribution < -0.4 is 21.7 Å². The molecular formula is C22H31N5O4. The summed E-state index contributed by atoms with van der Waals surface area (Å²) in [4.78, 5) is 42.0. The molecule has 31 heavy (non-hydrogen) atoms. The van der Waals surface area contributed by atoms with Crippen LogP contribution in [-0.4, -0.2) is 70.6 Å². The molecule has 1 fully saturated rings. The molecule has 1 aromatic carbocycles. The lowest BCUT2D eigenvalue weighted by molar-refractivity contribution is 0.0701. The van der Waals surface area contributed by atoms with Crippen LogP contribution in [-0.2, 0) is 20.5 Å². The zero-order valence-corrected chi connectivity index (χ0v) is 18.6. The molecule has 9 heteroatoms. The number of methoxy groups -OCH3 is 1. The van der Waals surface area contributed by atoms with Gasteiger partial charge in [0.15, 0.2) is 5.78 Å². The third kappa shape index (κ3) is 4.72. The van der Waals surface area contributed by atoms with Gasteiger partial charge in [0.25, 0.3) is 5.56 Å². The van der Waals surface area contributed by atoms with E-state index >= 15 is 0 Å². The van der Waals surface area contributed by atoms with E-state index in [0.29, 0.717) is 0 Å². The Balaban J connectivity index is 1.60.